The third kappa shape index (κ3) is 4.41. The number of rotatable bonds is 6. The van der Waals surface area contributed by atoms with Gasteiger partial charge in [-0.15, -0.1) is 16.6 Å². The molecule has 2 N–H and O–H groups in total. The Morgan fingerprint density at radius 3 is 2.96 bits per heavy atom. The van der Waals surface area contributed by atoms with Gasteiger partial charge in [0.05, 0.1) is 13.7 Å². The normalized spacial score (nSPS) is 9.91. The van der Waals surface area contributed by atoms with Gasteiger partial charge in [0.2, 0.25) is 5.91 Å². The van der Waals surface area contributed by atoms with Crippen LogP contribution in [0.25, 0.3) is 11.4 Å². The van der Waals surface area contributed by atoms with Crippen LogP contribution in [0.3, 0.4) is 0 Å². The molecular formula is C16H16N4O3. The van der Waals surface area contributed by atoms with Gasteiger partial charge in [-0.3, -0.25) is 9.59 Å². The van der Waals surface area contributed by atoms with Gasteiger partial charge in [0.1, 0.15) is 11.4 Å². The summed E-state index contributed by atoms with van der Waals surface area (Å²) in [5.41, 5.74) is 0.516. The topological polar surface area (TPSA) is 97.0 Å². The van der Waals surface area contributed by atoms with Crippen LogP contribution in [0, 0.1) is 12.3 Å². The SMILES string of the molecule is C#CCNC(=O)CCc1nnc(-c2cccc(OC)c2)[nH]c1=O. The first-order chi connectivity index (χ1) is 11.1. The molecule has 0 saturated carbocycles. The zero-order valence-corrected chi connectivity index (χ0v) is 12.6. The van der Waals surface area contributed by atoms with E-state index in [1.165, 1.54) is 0 Å². The van der Waals surface area contributed by atoms with Crippen LogP contribution >= 0.6 is 0 Å². The number of hydrogen-bond acceptors (Lipinski definition) is 5. The van der Waals surface area contributed by atoms with E-state index < -0.39 is 0 Å². The van der Waals surface area contributed by atoms with E-state index in [4.69, 9.17) is 11.2 Å². The number of aromatic nitrogens is 3. The number of methoxy groups -OCH3 is 1. The molecule has 0 aliphatic rings. The monoisotopic (exact) mass is 312 g/mol. The van der Waals surface area contributed by atoms with E-state index >= 15 is 0 Å². The highest BCUT2D eigenvalue weighted by Gasteiger charge is 2.09. The lowest BCUT2D eigenvalue weighted by Crippen LogP contribution is -2.25. The molecule has 2 rings (SSSR count). The second-order valence-corrected chi connectivity index (χ2v) is 4.66. The predicted octanol–water partition coefficient (Wildman–Crippen LogP) is 0.522. The molecule has 0 unspecified atom stereocenters. The maximum atomic E-state index is 12.0. The zero-order valence-electron chi connectivity index (χ0n) is 12.6. The number of benzene rings is 1. The molecular weight excluding hydrogens is 296 g/mol. The van der Waals surface area contributed by atoms with Crippen molar-refractivity contribution in [3.63, 3.8) is 0 Å². The number of H-pyrrole nitrogens is 1. The summed E-state index contributed by atoms with van der Waals surface area (Å²) < 4.78 is 5.13. The van der Waals surface area contributed by atoms with Crippen LogP contribution < -0.4 is 15.6 Å². The molecule has 1 heterocycles. The van der Waals surface area contributed by atoms with Crippen molar-refractivity contribution >= 4 is 5.91 Å². The Morgan fingerprint density at radius 2 is 2.26 bits per heavy atom. The van der Waals surface area contributed by atoms with Gasteiger partial charge in [0, 0.05) is 18.4 Å². The number of nitrogens with zero attached hydrogens (tertiary/aromatic N) is 2. The Bertz CT molecular complexity index is 792. The summed E-state index contributed by atoms with van der Waals surface area (Å²) in [6.45, 7) is 0.162. The third-order valence-corrected chi connectivity index (χ3v) is 3.08. The lowest BCUT2D eigenvalue weighted by Gasteiger charge is -2.04. The van der Waals surface area contributed by atoms with Crippen molar-refractivity contribution in [2.45, 2.75) is 12.8 Å². The van der Waals surface area contributed by atoms with Crippen LogP contribution in [0.1, 0.15) is 12.1 Å². The molecule has 0 aliphatic heterocycles. The molecule has 23 heavy (non-hydrogen) atoms. The standard InChI is InChI=1S/C16H16N4O3/c1-3-9-17-14(21)8-7-13-16(22)18-15(20-19-13)11-5-4-6-12(10-11)23-2/h1,4-6,10H,7-9H2,2H3,(H,17,21)(H,18,20,22). The molecule has 0 spiro atoms. The van der Waals surface area contributed by atoms with Crippen molar-refractivity contribution in [3.8, 4) is 29.5 Å². The largest absolute Gasteiger partial charge is 0.497 e. The molecule has 1 aromatic heterocycles. The summed E-state index contributed by atoms with van der Waals surface area (Å²) in [7, 11) is 1.56. The molecule has 7 heteroatoms. The fourth-order valence-electron chi connectivity index (χ4n) is 1.89. The van der Waals surface area contributed by atoms with Gasteiger partial charge in [-0.05, 0) is 12.1 Å². The Kier molecular flexibility index (Phi) is 5.47. The molecule has 0 fully saturated rings. The number of nitrogens with one attached hydrogen (secondary N) is 2. The first-order valence-corrected chi connectivity index (χ1v) is 6.94. The highest BCUT2D eigenvalue weighted by molar-refractivity contribution is 5.76. The first kappa shape index (κ1) is 16.2. The highest BCUT2D eigenvalue weighted by Crippen LogP contribution is 2.19. The first-order valence-electron chi connectivity index (χ1n) is 6.94. The van der Waals surface area contributed by atoms with E-state index in [-0.39, 0.29) is 36.5 Å². The van der Waals surface area contributed by atoms with Crippen molar-refractivity contribution in [2.24, 2.45) is 0 Å². The second-order valence-electron chi connectivity index (χ2n) is 4.66. The Morgan fingerprint density at radius 1 is 1.43 bits per heavy atom. The Hall–Kier alpha value is -3.14. The van der Waals surface area contributed by atoms with Crippen molar-refractivity contribution in [3.05, 3.63) is 40.3 Å². The number of amides is 1. The van der Waals surface area contributed by atoms with Gasteiger partial charge in [-0.2, -0.15) is 0 Å². The number of aromatic amines is 1. The smallest absolute Gasteiger partial charge is 0.273 e. The van der Waals surface area contributed by atoms with E-state index in [0.717, 1.165) is 0 Å². The zero-order chi connectivity index (χ0) is 16.7. The summed E-state index contributed by atoms with van der Waals surface area (Å²) in [5, 5.41) is 10.4. The van der Waals surface area contributed by atoms with Gasteiger partial charge in [-0.1, -0.05) is 18.1 Å². The molecule has 2 aromatic rings. The van der Waals surface area contributed by atoms with E-state index in [1.807, 2.05) is 0 Å². The fourth-order valence-corrected chi connectivity index (χ4v) is 1.89. The fraction of sp³-hybridized carbons (Fsp3) is 0.250. The lowest BCUT2D eigenvalue weighted by atomic mass is 10.2. The van der Waals surface area contributed by atoms with Crippen LogP contribution in [-0.2, 0) is 11.2 Å². The molecule has 0 saturated heterocycles. The van der Waals surface area contributed by atoms with Gasteiger partial charge >= 0.3 is 0 Å². The number of ether oxygens (including phenoxy) is 1. The van der Waals surface area contributed by atoms with E-state index in [2.05, 4.69) is 26.4 Å². The summed E-state index contributed by atoms with van der Waals surface area (Å²) in [5.74, 6) is 3.06. The highest BCUT2D eigenvalue weighted by atomic mass is 16.5. The quantitative estimate of drug-likeness (QED) is 0.758. The van der Waals surface area contributed by atoms with E-state index in [0.29, 0.717) is 17.1 Å². The Balaban J connectivity index is 2.10. The van der Waals surface area contributed by atoms with Crippen molar-refractivity contribution in [1.29, 1.82) is 0 Å². The molecule has 0 aliphatic carbocycles. The molecule has 1 aromatic carbocycles. The van der Waals surface area contributed by atoms with Crippen LogP contribution in [0.4, 0.5) is 0 Å². The number of terminal acetylenes is 1. The van der Waals surface area contributed by atoms with Gasteiger partial charge in [0.15, 0.2) is 5.82 Å². The summed E-state index contributed by atoms with van der Waals surface area (Å²) >= 11 is 0. The van der Waals surface area contributed by atoms with Crippen LogP contribution in [0.2, 0.25) is 0 Å². The van der Waals surface area contributed by atoms with Crippen LogP contribution in [0.5, 0.6) is 5.75 Å². The molecule has 7 nitrogen and oxygen atoms in total. The summed E-state index contributed by atoms with van der Waals surface area (Å²) in [6, 6.07) is 7.11. The van der Waals surface area contributed by atoms with Crippen LogP contribution in [0.15, 0.2) is 29.1 Å². The number of carbonyl (C=O) groups is 1. The lowest BCUT2D eigenvalue weighted by molar-refractivity contribution is -0.120. The number of aryl methyl sites for hydroxylation is 1. The molecule has 118 valence electrons. The summed E-state index contributed by atoms with van der Waals surface area (Å²) in [4.78, 5) is 26.2. The molecule has 0 atom stereocenters. The van der Waals surface area contributed by atoms with E-state index in [9.17, 15) is 9.59 Å². The predicted molar refractivity (Wildman–Crippen MR) is 84.8 cm³/mol. The Labute approximate surface area is 133 Å². The van der Waals surface area contributed by atoms with Crippen LogP contribution in [-0.4, -0.2) is 34.7 Å². The van der Waals surface area contributed by atoms with Gasteiger partial charge < -0.3 is 15.0 Å². The second kappa shape index (κ2) is 7.75. The molecule has 1 amide bonds. The van der Waals surface area contributed by atoms with Crippen molar-refractivity contribution in [2.75, 3.05) is 13.7 Å². The third-order valence-electron chi connectivity index (χ3n) is 3.08. The molecule has 0 bridgehead atoms. The average Bonchev–Trinajstić information content (AvgIpc) is 2.58. The van der Waals surface area contributed by atoms with Crippen molar-refractivity contribution < 1.29 is 9.53 Å². The van der Waals surface area contributed by atoms with E-state index in [1.54, 1.807) is 31.4 Å². The maximum Gasteiger partial charge on any atom is 0.273 e. The maximum absolute atomic E-state index is 12.0. The summed E-state index contributed by atoms with van der Waals surface area (Å²) in [6.07, 6.45) is 5.36. The number of hydrogen-bond donors (Lipinski definition) is 2. The van der Waals surface area contributed by atoms with Gasteiger partial charge in [0.25, 0.3) is 5.56 Å². The minimum Gasteiger partial charge on any atom is -0.497 e. The average molecular weight is 312 g/mol. The minimum atomic E-state index is -0.373. The molecule has 0 radical (unpaired) electrons. The van der Waals surface area contributed by atoms with Gasteiger partial charge in [-0.25, -0.2) is 0 Å². The minimum absolute atomic E-state index is 0.123. The number of carbonyl (C=O) groups excluding carboxylic acids is 1. The van der Waals surface area contributed by atoms with Crippen molar-refractivity contribution in [1.82, 2.24) is 20.5 Å².